The second kappa shape index (κ2) is 6.70. The van der Waals surface area contributed by atoms with E-state index >= 15 is 0 Å². The van der Waals surface area contributed by atoms with Crippen molar-refractivity contribution in [1.29, 1.82) is 0 Å². The number of rotatable bonds is 7. The molecule has 0 amide bonds. The van der Waals surface area contributed by atoms with Gasteiger partial charge in [0, 0.05) is 13.0 Å². The number of aromatic carboxylic acids is 1. The summed E-state index contributed by atoms with van der Waals surface area (Å²) in [6.07, 6.45) is 2.47. The summed E-state index contributed by atoms with van der Waals surface area (Å²) >= 11 is 0. The van der Waals surface area contributed by atoms with Crippen LogP contribution in [-0.4, -0.2) is 22.7 Å². The fraction of sp³-hybridized carbons (Fsp3) is 0.286. The number of hydrogen-bond donors (Lipinski definition) is 1. The van der Waals surface area contributed by atoms with Gasteiger partial charge in [-0.1, -0.05) is 30.3 Å². The molecule has 1 aromatic heterocycles. The topological polar surface area (TPSA) is 72.6 Å². The molecule has 100 valence electrons. The van der Waals surface area contributed by atoms with Crippen molar-refractivity contribution in [3.05, 3.63) is 53.7 Å². The second-order valence-corrected chi connectivity index (χ2v) is 4.07. The van der Waals surface area contributed by atoms with Crippen molar-refractivity contribution >= 4 is 5.97 Å². The lowest BCUT2D eigenvalue weighted by Crippen LogP contribution is -1.99. The van der Waals surface area contributed by atoms with E-state index in [0.717, 1.165) is 18.2 Å². The van der Waals surface area contributed by atoms with E-state index < -0.39 is 5.97 Å². The fourth-order valence-electron chi connectivity index (χ4n) is 1.61. The standard InChI is InChI=1S/C14H15NO4/c16-14(17)12-10-19-13(15-12)7-4-8-18-9-11-5-2-1-3-6-11/h1-3,5-6,10H,4,7-9H2,(H,16,17). The highest BCUT2D eigenvalue weighted by Crippen LogP contribution is 2.06. The van der Waals surface area contributed by atoms with Crippen LogP contribution in [0, 0.1) is 0 Å². The van der Waals surface area contributed by atoms with Gasteiger partial charge in [0.1, 0.15) is 6.26 Å². The highest BCUT2D eigenvalue weighted by atomic mass is 16.5. The third kappa shape index (κ3) is 4.22. The van der Waals surface area contributed by atoms with E-state index in [2.05, 4.69) is 4.98 Å². The van der Waals surface area contributed by atoms with Gasteiger partial charge in [0.05, 0.1) is 6.61 Å². The number of carboxylic acids is 1. The Morgan fingerprint density at radius 3 is 2.79 bits per heavy atom. The molecule has 0 saturated heterocycles. The first kappa shape index (κ1) is 13.3. The van der Waals surface area contributed by atoms with Crippen molar-refractivity contribution in [2.75, 3.05) is 6.61 Å². The van der Waals surface area contributed by atoms with Crippen molar-refractivity contribution in [3.8, 4) is 0 Å². The molecule has 1 aromatic carbocycles. The first-order valence-electron chi connectivity index (χ1n) is 6.05. The highest BCUT2D eigenvalue weighted by Gasteiger charge is 2.09. The van der Waals surface area contributed by atoms with E-state index in [1.165, 1.54) is 0 Å². The van der Waals surface area contributed by atoms with Gasteiger partial charge in [-0.3, -0.25) is 0 Å². The maximum atomic E-state index is 10.6. The van der Waals surface area contributed by atoms with Gasteiger partial charge in [-0.25, -0.2) is 9.78 Å². The lowest BCUT2D eigenvalue weighted by atomic mass is 10.2. The normalized spacial score (nSPS) is 10.5. The molecule has 0 spiro atoms. The molecule has 0 aliphatic rings. The van der Waals surface area contributed by atoms with E-state index in [4.69, 9.17) is 14.3 Å². The molecule has 0 radical (unpaired) electrons. The summed E-state index contributed by atoms with van der Waals surface area (Å²) in [7, 11) is 0. The van der Waals surface area contributed by atoms with Gasteiger partial charge >= 0.3 is 5.97 Å². The minimum absolute atomic E-state index is 0.0554. The summed E-state index contributed by atoms with van der Waals surface area (Å²) in [5, 5.41) is 8.69. The van der Waals surface area contributed by atoms with Crippen molar-refractivity contribution in [1.82, 2.24) is 4.98 Å². The van der Waals surface area contributed by atoms with Crippen molar-refractivity contribution in [3.63, 3.8) is 0 Å². The van der Waals surface area contributed by atoms with Crippen LogP contribution in [0.3, 0.4) is 0 Å². The summed E-state index contributed by atoms with van der Waals surface area (Å²) in [5.74, 6) is -0.643. The molecule has 0 atom stereocenters. The molecule has 1 N–H and O–H groups in total. The summed E-state index contributed by atoms with van der Waals surface area (Å²) in [6.45, 7) is 1.16. The average Bonchev–Trinajstić information content (AvgIpc) is 2.89. The number of benzene rings is 1. The average molecular weight is 261 g/mol. The minimum atomic E-state index is -1.07. The molecule has 1 heterocycles. The zero-order chi connectivity index (χ0) is 13.5. The summed E-state index contributed by atoms with van der Waals surface area (Å²) in [6, 6.07) is 9.92. The number of carboxylic acid groups (broad SMARTS) is 1. The fourth-order valence-corrected chi connectivity index (χ4v) is 1.61. The Labute approximate surface area is 110 Å². The predicted octanol–water partition coefficient (Wildman–Crippen LogP) is 2.52. The lowest BCUT2D eigenvalue weighted by molar-refractivity contribution is 0.0690. The van der Waals surface area contributed by atoms with Crippen LogP contribution in [-0.2, 0) is 17.8 Å². The Kier molecular flexibility index (Phi) is 4.69. The van der Waals surface area contributed by atoms with E-state index in [1.807, 2.05) is 30.3 Å². The Bertz CT molecular complexity index is 521. The molecule has 0 fully saturated rings. The van der Waals surface area contributed by atoms with Crippen LogP contribution in [0.4, 0.5) is 0 Å². The van der Waals surface area contributed by atoms with Crippen molar-refractivity contribution < 1.29 is 19.1 Å². The lowest BCUT2D eigenvalue weighted by Gasteiger charge is -2.02. The van der Waals surface area contributed by atoms with Gasteiger partial charge in [-0.15, -0.1) is 0 Å². The number of aryl methyl sites for hydroxylation is 1. The first-order valence-corrected chi connectivity index (χ1v) is 6.05. The summed E-state index contributed by atoms with van der Waals surface area (Å²) < 4.78 is 10.6. The molecule has 5 nitrogen and oxygen atoms in total. The van der Waals surface area contributed by atoms with Crippen molar-refractivity contribution in [2.24, 2.45) is 0 Å². The number of carbonyl (C=O) groups is 1. The predicted molar refractivity (Wildman–Crippen MR) is 67.9 cm³/mol. The van der Waals surface area contributed by atoms with Gasteiger partial charge in [0.2, 0.25) is 0 Å². The zero-order valence-corrected chi connectivity index (χ0v) is 10.4. The Balaban J connectivity index is 1.65. The molecule has 0 bridgehead atoms. The molecule has 0 aliphatic carbocycles. The molecule has 2 aromatic rings. The maximum absolute atomic E-state index is 10.6. The van der Waals surface area contributed by atoms with Crippen LogP contribution in [0.5, 0.6) is 0 Å². The largest absolute Gasteiger partial charge is 0.476 e. The van der Waals surface area contributed by atoms with E-state index in [0.29, 0.717) is 25.5 Å². The van der Waals surface area contributed by atoms with Crippen LogP contribution < -0.4 is 0 Å². The van der Waals surface area contributed by atoms with Gasteiger partial charge in [0.15, 0.2) is 11.6 Å². The quantitative estimate of drug-likeness (QED) is 0.775. The van der Waals surface area contributed by atoms with E-state index in [9.17, 15) is 4.79 Å². The molecule has 0 aliphatic heterocycles. The summed E-state index contributed by atoms with van der Waals surface area (Å²) in [4.78, 5) is 14.4. The Morgan fingerprint density at radius 1 is 1.32 bits per heavy atom. The zero-order valence-electron chi connectivity index (χ0n) is 10.4. The summed E-state index contributed by atoms with van der Waals surface area (Å²) in [5.41, 5.74) is 1.08. The van der Waals surface area contributed by atoms with Crippen LogP contribution in [0.1, 0.15) is 28.4 Å². The van der Waals surface area contributed by atoms with Gasteiger partial charge in [0.25, 0.3) is 0 Å². The third-order valence-electron chi connectivity index (χ3n) is 2.56. The number of ether oxygens (including phenoxy) is 1. The van der Waals surface area contributed by atoms with Crippen LogP contribution in [0.15, 0.2) is 41.0 Å². The van der Waals surface area contributed by atoms with Crippen LogP contribution >= 0.6 is 0 Å². The minimum Gasteiger partial charge on any atom is -0.476 e. The van der Waals surface area contributed by atoms with Gasteiger partial charge in [-0.05, 0) is 12.0 Å². The Hall–Kier alpha value is -2.14. The highest BCUT2D eigenvalue weighted by molar-refractivity contribution is 5.84. The monoisotopic (exact) mass is 261 g/mol. The Morgan fingerprint density at radius 2 is 2.11 bits per heavy atom. The molecular weight excluding hydrogens is 246 g/mol. The molecule has 5 heteroatoms. The van der Waals surface area contributed by atoms with Crippen LogP contribution in [0.2, 0.25) is 0 Å². The number of aromatic nitrogens is 1. The first-order chi connectivity index (χ1) is 9.25. The van der Waals surface area contributed by atoms with E-state index in [1.54, 1.807) is 0 Å². The number of nitrogens with zero attached hydrogens (tertiary/aromatic N) is 1. The molecular formula is C14H15NO4. The molecule has 0 saturated carbocycles. The van der Waals surface area contributed by atoms with Crippen LogP contribution in [0.25, 0.3) is 0 Å². The number of oxazole rings is 1. The maximum Gasteiger partial charge on any atom is 0.357 e. The second-order valence-electron chi connectivity index (χ2n) is 4.07. The smallest absolute Gasteiger partial charge is 0.357 e. The third-order valence-corrected chi connectivity index (χ3v) is 2.56. The molecule has 0 unspecified atom stereocenters. The van der Waals surface area contributed by atoms with Gasteiger partial charge < -0.3 is 14.3 Å². The van der Waals surface area contributed by atoms with Crippen molar-refractivity contribution in [2.45, 2.75) is 19.4 Å². The molecule has 2 rings (SSSR count). The SMILES string of the molecule is O=C(O)c1coc(CCCOCc2ccccc2)n1. The number of hydrogen-bond acceptors (Lipinski definition) is 4. The van der Waals surface area contributed by atoms with E-state index in [-0.39, 0.29) is 5.69 Å². The van der Waals surface area contributed by atoms with Gasteiger partial charge in [-0.2, -0.15) is 0 Å². The molecule has 19 heavy (non-hydrogen) atoms.